The normalized spacial score (nSPS) is 28.6. The second-order valence-electron chi connectivity index (χ2n) is 3.51. The van der Waals surface area contributed by atoms with E-state index in [1.807, 2.05) is 0 Å². The average Bonchev–Trinajstić information content (AvgIpc) is 2.32. The molecule has 0 spiro atoms. The summed E-state index contributed by atoms with van der Waals surface area (Å²) in [7, 11) is 0. The maximum Gasteiger partial charge on any atom is 0.308 e. The zero-order chi connectivity index (χ0) is 8.43. The van der Waals surface area contributed by atoms with Crippen molar-refractivity contribution in [3.8, 4) is 0 Å². The van der Waals surface area contributed by atoms with Crippen LogP contribution in [0.25, 0.3) is 0 Å². The van der Waals surface area contributed by atoms with E-state index in [2.05, 4.69) is 19.2 Å². The standard InChI is InChI=1S/C8H15NO2.ClH/c1-5(2)6-3-9-4-7(6)8(10)11;/h5-7,9H,3-4H2,1-2H3,(H,10,11);1H/t6-,7-;/m0./s1. The molecule has 12 heavy (non-hydrogen) atoms. The Hall–Kier alpha value is -0.280. The Balaban J connectivity index is 0.00000121. The second-order valence-corrected chi connectivity index (χ2v) is 3.51. The largest absolute Gasteiger partial charge is 0.481 e. The molecule has 2 atom stereocenters. The molecule has 0 aromatic heterocycles. The van der Waals surface area contributed by atoms with Gasteiger partial charge in [0.15, 0.2) is 0 Å². The molecule has 0 unspecified atom stereocenters. The van der Waals surface area contributed by atoms with Crippen LogP contribution in [0.15, 0.2) is 0 Å². The lowest BCUT2D eigenvalue weighted by molar-refractivity contribution is -0.142. The van der Waals surface area contributed by atoms with Crippen molar-refractivity contribution < 1.29 is 9.90 Å². The van der Waals surface area contributed by atoms with E-state index in [0.29, 0.717) is 18.4 Å². The highest BCUT2D eigenvalue weighted by atomic mass is 35.5. The molecule has 1 aliphatic rings. The number of carboxylic acid groups (broad SMARTS) is 1. The molecule has 0 bridgehead atoms. The molecular weight excluding hydrogens is 178 g/mol. The smallest absolute Gasteiger partial charge is 0.308 e. The number of halogens is 1. The van der Waals surface area contributed by atoms with Gasteiger partial charge in [-0.1, -0.05) is 13.8 Å². The van der Waals surface area contributed by atoms with Gasteiger partial charge < -0.3 is 10.4 Å². The van der Waals surface area contributed by atoms with Crippen molar-refractivity contribution in [2.24, 2.45) is 17.8 Å². The summed E-state index contributed by atoms with van der Waals surface area (Å²) in [5, 5.41) is 11.9. The lowest BCUT2D eigenvalue weighted by atomic mass is 9.86. The fourth-order valence-electron chi connectivity index (χ4n) is 1.67. The van der Waals surface area contributed by atoms with Gasteiger partial charge in [-0.15, -0.1) is 12.4 Å². The van der Waals surface area contributed by atoms with Crippen LogP contribution in [-0.4, -0.2) is 24.2 Å². The van der Waals surface area contributed by atoms with Gasteiger partial charge in [-0.25, -0.2) is 0 Å². The summed E-state index contributed by atoms with van der Waals surface area (Å²) >= 11 is 0. The van der Waals surface area contributed by atoms with E-state index >= 15 is 0 Å². The fourth-order valence-corrected chi connectivity index (χ4v) is 1.67. The summed E-state index contributed by atoms with van der Waals surface area (Å²) in [6.45, 7) is 5.65. The number of rotatable bonds is 2. The molecule has 3 nitrogen and oxygen atoms in total. The van der Waals surface area contributed by atoms with Crippen LogP contribution in [0.2, 0.25) is 0 Å². The van der Waals surface area contributed by atoms with Gasteiger partial charge in [-0.05, 0) is 18.4 Å². The van der Waals surface area contributed by atoms with Crippen LogP contribution in [-0.2, 0) is 4.79 Å². The van der Waals surface area contributed by atoms with Crippen molar-refractivity contribution in [3.63, 3.8) is 0 Å². The molecular formula is C8H16ClNO2. The molecule has 4 heteroatoms. The van der Waals surface area contributed by atoms with E-state index in [9.17, 15) is 4.79 Å². The van der Waals surface area contributed by atoms with E-state index in [-0.39, 0.29) is 18.3 Å². The topological polar surface area (TPSA) is 49.3 Å². The van der Waals surface area contributed by atoms with Crippen LogP contribution in [0.5, 0.6) is 0 Å². The van der Waals surface area contributed by atoms with Crippen molar-refractivity contribution in [2.75, 3.05) is 13.1 Å². The van der Waals surface area contributed by atoms with Gasteiger partial charge in [0.2, 0.25) is 0 Å². The minimum absolute atomic E-state index is 0. The van der Waals surface area contributed by atoms with Gasteiger partial charge in [0, 0.05) is 6.54 Å². The third kappa shape index (κ3) is 2.35. The maximum atomic E-state index is 10.7. The van der Waals surface area contributed by atoms with Crippen LogP contribution in [0.1, 0.15) is 13.8 Å². The van der Waals surface area contributed by atoms with Crippen LogP contribution in [0, 0.1) is 17.8 Å². The summed E-state index contributed by atoms with van der Waals surface area (Å²) in [6, 6.07) is 0. The lowest BCUT2D eigenvalue weighted by Gasteiger charge is -2.17. The monoisotopic (exact) mass is 193 g/mol. The summed E-state index contributed by atoms with van der Waals surface area (Å²) < 4.78 is 0. The molecule has 1 heterocycles. The van der Waals surface area contributed by atoms with Crippen LogP contribution in [0.4, 0.5) is 0 Å². The van der Waals surface area contributed by atoms with E-state index in [0.717, 1.165) is 6.54 Å². The van der Waals surface area contributed by atoms with Gasteiger partial charge in [-0.3, -0.25) is 4.79 Å². The van der Waals surface area contributed by atoms with E-state index in [1.165, 1.54) is 0 Å². The van der Waals surface area contributed by atoms with Gasteiger partial charge in [0.05, 0.1) is 5.92 Å². The molecule has 1 rings (SSSR count). The maximum absolute atomic E-state index is 10.7. The lowest BCUT2D eigenvalue weighted by Crippen LogP contribution is -2.25. The number of hydrogen-bond donors (Lipinski definition) is 2. The highest BCUT2D eigenvalue weighted by molar-refractivity contribution is 5.85. The molecule has 1 fully saturated rings. The van der Waals surface area contributed by atoms with Gasteiger partial charge >= 0.3 is 5.97 Å². The third-order valence-electron chi connectivity index (χ3n) is 2.43. The zero-order valence-electron chi connectivity index (χ0n) is 7.41. The SMILES string of the molecule is CC(C)[C@@H]1CNC[C@@H]1C(=O)O.Cl. The summed E-state index contributed by atoms with van der Waals surface area (Å²) in [4.78, 5) is 10.7. The third-order valence-corrected chi connectivity index (χ3v) is 2.43. The molecule has 0 radical (unpaired) electrons. The average molecular weight is 194 g/mol. The van der Waals surface area contributed by atoms with E-state index < -0.39 is 5.97 Å². The molecule has 1 saturated heterocycles. The Kier molecular flexibility index (Phi) is 4.57. The predicted molar refractivity (Wildman–Crippen MR) is 49.6 cm³/mol. The number of carboxylic acids is 1. The number of carbonyl (C=O) groups is 1. The Labute approximate surface area is 78.9 Å². The minimum Gasteiger partial charge on any atom is -0.481 e. The fraction of sp³-hybridized carbons (Fsp3) is 0.875. The number of aliphatic carboxylic acids is 1. The van der Waals surface area contributed by atoms with Gasteiger partial charge in [-0.2, -0.15) is 0 Å². The Morgan fingerprint density at radius 2 is 2.08 bits per heavy atom. The molecule has 1 aliphatic heterocycles. The van der Waals surface area contributed by atoms with Gasteiger partial charge in [0.25, 0.3) is 0 Å². The number of hydrogen-bond acceptors (Lipinski definition) is 2. The summed E-state index contributed by atoms with van der Waals surface area (Å²) in [6.07, 6.45) is 0. The molecule has 72 valence electrons. The quantitative estimate of drug-likeness (QED) is 0.688. The van der Waals surface area contributed by atoms with E-state index in [1.54, 1.807) is 0 Å². The first-order chi connectivity index (χ1) is 5.13. The predicted octanol–water partition coefficient (Wildman–Crippen LogP) is 0.984. The molecule has 0 aromatic carbocycles. The van der Waals surface area contributed by atoms with Crippen molar-refractivity contribution >= 4 is 18.4 Å². The minimum atomic E-state index is -0.659. The molecule has 0 amide bonds. The Bertz CT molecular complexity index is 161. The van der Waals surface area contributed by atoms with Crippen molar-refractivity contribution in [1.29, 1.82) is 0 Å². The Morgan fingerprint density at radius 3 is 2.42 bits per heavy atom. The molecule has 0 aromatic rings. The zero-order valence-corrected chi connectivity index (χ0v) is 8.23. The number of nitrogens with one attached hydrogen (secondary N) is 1. The van der Waals surface area contributed by atoms with E-state index in [4.69, 9.17) is 5.11 Å². The van der Waals surface area contributed by atoms with Crippen LogP contribution in [0.3, 0.4) is 0 Å². The van der Waals surface area contributed by atoms with Crippen molar-refractivity contribution in [1.82, 2.24) is 5.32 Å². The first kappa shape index (κ1) is 11.7. The van der Waals surface area contributed by atoms with Crippen LogP contribution < -0.4 is 5.32 Å². The highest BCUT2D eigenvalue weighted by Gasteiger charge is 2.34. The first-order valence-corrected chi connectivity index (χ1v) is 4.06. The van der Waals surface area contributed by atoms with Crippen molar-refractivity contribution in [2.45, 2.75) is 13.8 Å². The molecule has 2 N–H and O–H groups in total. The summed E-state index contributed by atoms with van der Waals surface area (Å²) in [5.74, 6) is -0.0534. The highest BCUT2D eigenvalue weighted by Crippen LogP contribution is 2.24. The Morgan fingerprint density at radius 1 is 1.50 bits per heavy atom. The molecule has 0 aliphatic carbocycles. The molecule has 0 saturated carbocycles. The van der Waals surface area contributed by atoms with Crippen LogP contribution >= 0.6 is 12.4 Å². The first-order valence-electron chi connectivity index (χ1n) is 4.06. The van der Waals surface area contributed by atoms with Gasteiger partial charge in [0.1, 0.15) is 0 Å². The van der Waals surface area contributed by atoms with Crippen molar-refractivity contribution in [3.05, 3.63) is 0 Å². The second kappa shape index (κ2) is 4.67. The summed E-state index contributed by atoms with van der Waals surface area (Å²) in [5.41, 5.74) is 0.